The summed E-state index contributed by atoms with van der Waals surface area (Å²) in [6.07, 6.45) is 16.0. The van der Waals surface area contributed by atoms with Crippen LogP contribution in [0.25, 0.3) is 0 Å². The number of aliphatic hydroxyl groups is 1. The lowest BCUT2D eigenvalue weighted by atomic mass is 10.0. The lowest BCUT2D eigenvalue weighted by Gasteiger charge is -2.07. The molecular weight excluding hydrogens is 252 g/mol. The Morgan fingerprint density at radius 3 is 2.05 bits per heavy atom. The largest absolute Gasteiger partial charge is 0.481 e. The molecular formula is C17H32O3. The molecule has 0 aromatic heterocycles. The van der Waals surface area contributed by atoms with Gasteiger partial charge in [-0.2, -0.15) is 0 Å². The Kier molecular flexibility index (Phi) is 14.0. The van der Waals surface area contributed by atoms with Crippen molar-refractivity contribution in [2.24, 2.45) is 0 Å². The summed E-state index contributed by atoms with van der Waals surface area (Å²) in [4.78, 5) is 10.3. The van der Waals surface area contributed by atoms with Gasteiger partial charge in [0.2, 0.25) is 0 Å². The molecule has 1 atom stereocenters. The van der Waals surface area contributed by atoms with Gasteiger partial charge in [-0.1, -0.05) is 64.0 Å². The van der Waals surface area contributed by atoms with Gasteiger partial charge in [-0.3, -0.25) is 4.79 Å². The minimum Gasteiger partial charge on any atom is -0.481 e. The van der Waals surface area contributed by atoms with Gasteiger partial charge in [0.25, 0.3) is 0 Å². The number of carboxylic acid groups (broad SMARTS) is 1. The lowest BCUT2D eigenvalue weighted by Crippen LogP contribution is -2.04. The van der Waals surface area contributed by atoms with E-state index in [4.69, 9.17) is 5.11 Å². The number of unbranched alkanes of at least 4 members (excludes halogenated alkanes) is 7. The Labute approximate surface area is 124 Å². The fraction of sp³-hybridized carbons (Fsp3) is 0.824. The predicted octanol–water partition coefficient (Wildman–Crippen LogP) is 4.69. The first-order chi connectivity index (χ1) is 9.66. The van der Waals surface area contributed by atoms with Crippen LogP contribution in [0.4, 0.5) is 0 Å². The van der Waals surface area contributed by atoms with Crippen molar-refractivity contribution in [3.05, 3.63) is 12.2 Å². The number of rotatable bonds is 14. The second kappa shape index (κ2) is 14.6. The maximum Gasteiger partial charge on any atom is 0.303 e. The second-order valence-electron chi connectivity index (χ2n) is 5.53. The summed E-state index contributed by atoms with van der Waals surface area (Å²) in [7, 11) is 0. The van der Waals surface area contributed by atoms with Crippen LogP contribution in [-0.2, 0) is 4.79 Å². The van der Waals surface area contributed by atoms with Crippen LogP contribution in [0, 0.1) is 0 Å². The number of allylic oxidation sites excluding steroid dienone is 1. The summed E-state index contributed by atoms with van der Waals surface area (Å²) in [6, 6.07) is 0. The van der Waals surface area contributed by atoms with Gasteiger partial charge in [0.05, 0.1) is 6.10 Å². The van der Waals surface area contributed by atoms with Crippen molar-refractivity contribution in [1.29, 1.82) is 0 Å². The Balaban J connectivity index is 3.16. The van der Waals surface area contributed by atoms with Crippen molar-refractivity contribution < 1.29 is 15.0 Å². The van der Waals surface area contributed by atoms with Gasteiger partial charge in [0.15, 0.2) is 0 Å². The van der Waals surface area contributed by atoms with Crippen molar-refractivity contribution in [1.82, 2.24) is 0 Å². The van der Waals surface area contributed by atoms with E-state index in [0.717, 1.165) is 44.9 Å². The summed E-state index contributed by atoms with van der Waals surface area (Å²) in [5, 5.41) is 18.2. The lowest BCUT2D eigenvalue weighted by molar-refractivity contribution is -0.137. The van der Waals surface area contributed by atoms with Crippen LogP contribution in [0.2, 0.25) is 0 Å². The average Bonchev–Trinajstić information content (AvgIpc) is 2.41. The van der Waals surface area contributed by atoms with E-state index in [9.17, 15) is 9.90 Å². The first-order valence-corrected chi connectivity index (χ1v) is 8.21. The molecule has 0 aliphatic carbocycles. The van der Waals surface area contributed by atoms with E-state index in [-0.39, 0.29) is 6.10 Å². The fourth-order valence-electron chi connectivity index (χ4n) is 2.25. The Morgan fingerprint density at radius 1 is 0.950 bits per heavy atom. The minimum atomic E-state index is -0.683. The van der Waals surface area contributed by atoms with E-state index < -0.39 is 5.97 Å². The molecule has 0 fully saturated rings. The van der Waals surface area contributed by atoms with Gasteiger partial charge in [-0.25, -0.2) is 0 Å². The first-order valence-electron chi connectivity index (χ1n) is 8.21. The van der Waals surface area contributed by atoms with Gasteiger partial charge in [-0.15, -0.1) is 0 Å². The highest BCUT2D eigenvalue weighted by Gasteiger charge is 2.01. The van der Waals surface area contributed by atoms with E-state index >= 15 is 0 Å². The van der Waals surface area contributed by atoms with Crippen LogP contribution in [-0.4, -0.2) is 22.3 Å². The molecule has 0 aliphatic heterocycles. The van der Waals surface area contributed by atoms with Crippen molar-refractivity contribution in [2.75, 3.05) is 0 Å². The molecule has 118 valence electrons. The van der Waals surface area contributed by atoms with Gasteiger partial charge >= 0.3 is 5.97 Å². The standard InChI is InChI=1S/C17H32O3/c1-2-3-10-13-16(18)14-11-8-6-4-5-7-9-12-15-17(19)20/h3,10,16,18H,2,4-9,11-15H2,1H3,(H,19,20)/b10-3+. The third-order valence-corrected chi connectivity index (χ3v) is 3.49. The Bertz CT molecular complexity index is 249. The van der Waals surface area contributed by atoms with Crippen molar-refractivity contribution in [3.8, 4) is 0 Å². The molecule has 0 saturated carbocycles. The first kappa shape index (κ1) is 19.2. The van der Waals surface area contributed by atoms with Crippen molar-refractivity contribution in [3.63, 3.8) is 0 Å². The summed E-state index contributed by atoms with van der Waals surface area (Å²) in [5.74, 6) is -0.683. The molecule has 0 radical (unpaired) electrons. The molecule has 0 spiro atoms. The fourth-order valence-corrected chi connectivity index (χ4v) is 2.25. The SMILES string of the molecule is CC/C=C/CC(O)CCCCCCCCCCC(=O)O. The summed E-state index contributed by atoms with van der Waals surface area (Å²) >= 11 is 0. The smallest absolute Gasteiger partial charge is 0.303 e. The van der Waals surface area contributed by atoms with Gasteiger partial charge in [-0.05, 0) is 25.7 Å². The molecule has 0 bridgehead atoms. The number of carbonyl (C=O) groups is 1. The third-order valence-electron chi connectivity index (χ3n) is 3.49. The number of hydrogen-bond acceptors (Lipinski definition) is 2. The van der Waals surface area contributed by atoms with Gasteiger partial charge in [0, 0.05) is 6.42 Å². The van der Waals surface area contributed by atoms with E-state index in [1.54, 1.807) is 0 Å². The maximum absolute atomic E-state index is 10.3. The molecule has 0 amide bonds. The summed E-state index contributed by atoms with van der Waals surface area (Å²) in [6.45, 7) is 2.10. The average molecular weight is 284 g/mol. The van der Waals surface area contributed by atoms with Crippen LogP contribution >= 0.6 is 0 Å². The van der Waals surface area contributed by atoms with Crippen LogP contribution in [0.1, 0.15) is 84.0 Å². The molecule has 3 heteroatoms. The molecule has 0 saturated heterocycles. The molecule has 0 aliphatic rings. The van der Waals surface area contributed by atoms with Gasteiger partial charge in [0.1, 0.15) is 0 Å². The summed E-state index contributed by atoms with van der Waals surface area (Å²) < 4.78 is 0. The van der Waals surface area contributed by atoms with Gasteiger partial charge < -0.3 is 10.2 Å². The monoisotopic (exact) mass is 284 g/mol. The molecule has 0 aromatic rings. The minimum absolute atomic E-state index is 0.172. The topological polar surface area (TPSA) is 57.5 Å². The number of aliphatic carboxylic acids is 1. The molecule has 0 aromatic carbocycles. The molecule has 0 rings (SSSR count). The third kappa shape index (κ3) is 15.2. The van der Waals surface area contributed by atoms with Crippen LogP contribution < -0.4 is 0 Å². The zero-order chi connectivity index (χ0) is 15.1. The van der Waals surface area contributed by atoms with Crippen molar-refractivity contribution in [2.45, 2.75) is 90.1 Å². The Hall–Kier alpha value is -0.830. The molecule has 0 heterocycles. The predicted molar refractivity (Wildman–Crippen MR) is 83.9 cm³/mol. The molecule has 3 nitrogen and oxygen atoms in total. The number of carboxylic acids is 1. The highest BCUT2D eigenvalue weighted by atomic mass is 16.4. The Morgan fingerprint density at radius 2 is 1.50 bits per heavy atom. The zero-order valence-electron chi connectivity index (χ0n) is 13.0. The van der Waals surface area contributed by atoms with E-state index in [1.807, 2.05) is 0 Å². The maximum atomic E-state index is 10.3. The highest BCUT2D eigenvalue weighted by molar-refractivity contribution is 5.66. The quantitative estimate of drug-likeness (QED) is 0.359. The second-order valence-corrected chi connectivity index (χ2v) is 5.53. The zero-order valence-corrected chi connectivity index (χ0v) is 13.0. The van der Waals surface area contributed by atoms with Crippen LogP contribution in [0.3, 0.4) is 0 Å². The van der Waals surface area contributed by atoms with E-state index in [2.05, 4.69) is 19.1 Å². The molecule has 20 heavy (non-hydrogen) atoms. The molecule has 2 N–H and O–H groups in total. The number of hydrogen-bond donors (Lipinski definition) is 2. The van der Waals surface area contributed by atoms with Crippen LogP contribution in [0.15, 0.2) is 12.2 Å². The van der Waals surface area contributed by atoms with Crippen LogP contribution in [0.5, 0.6) is 0 Å². The highest BCUT2D eigenvalue weighted by Crippen LogP contribution is 2.12. The van der Waals surface area contributed by atoms with Crippen molar-refractivity contribution >= 4 is 5.97 Å². The van der Waals surface area contributed by atoms with E-state index in [0.29, 0.717) is 6.42 Å². The summed E-state index contributed by atoms with van der Waals surface area (Å²) in [5.41, 5.74) is 0. The molecule has 1 unspecified atom stereocenters. The normalized spacial score (nSPS) is 12.9. The van der Waals surface area contributed by atoms with E-state index in [1.165, 1.54) is 25.7 Å². The number of aliphatic hydroxyl groups excluding tert-OH is 1.